The summed E-state index contributed by atoms with van der Waals surface area (Å²) in [6, 6.07) is 0. The third kappa shape index (κ3) is 2.98. The standard InChI is InChI=1S/C12H21ClN2O/c1-4-6-10(8-16)7-11-12(13)9(3)14-15(11)5-2/h10,16H,4-8H2,1-3H3. The molecule has 0 aliphatic heterocycles. The third-order valence-corrected chi connectivity index (χ3v) is 3.38. The van der Waals surface area contributed by atoms with Crippen LogP contribution in [0.3, 0.4) is 0 Å². The van der Waals surface area contributed by atoms with Gasteiger partial charge in [-0.1, -0.05) is 24.9 Å². The lowest BCUT2D eigenvalue weighted by Crippen LogP contribution is -2.13. The fourth-order valence-corrected chi connectivity index (χ4v) is 2.22. The Labute approximate surface area is 102 Å². The van der Waals surface area contributed by atoms with E-state index in [1.165, 1.54) is 0 Å². The number of aryl methyl sites for hydroxylation is 2. The van der Waals surface area contributed by atoms with Gasteiger partial charge in [-0.25, -0.2) is 0 Å². The van der Waals surface area contributed by atoms with Gasteiger partial charge in [0.05, 0.1) is 16.4 Å². The highest BCUT2D eigenvalue weighted by Crippen LogP contribution is 2.24. The van der Waals surface area contributed by atoms with Crippen molar-refractivity contribution >= 4 is 11.6 Å². The molecule has 0 aliphatic rings. The second-order valence-corrected chi connectivity index (χ2v) is 4.58. The molecule has 0 fully saturated rings. The van der Waals surface area contributed by atoms with Crippen LogP contribution in [0.5, 0.6) is 0 Å². The molecule has 0 radical (unpaired) electrons. The molecule has 1 N–H and O–H groups in total. The van der Waals surface area contributed by atoms with Gasteiger partial charge in [0.1, 0.15) is 0 Å². The molecule has 1 rings (SSSR count). The molecule has 1 aromatic rings. The third-order valence-electron chi connectivity index (χ3n) is 2.89. The highest BCUT2D eigenvalue weighted by Gasteiger charge is 2.16. The van der Waals surface area contributed by atoms with Crippen LogP contribution in [0.25, 0.3) is 0 Å². The molecule has 0 spiro atoms. The molecule has 92 valence electrons. The van der Waals surface area contributed by atoms with E-state index in [0.29, 0.717) is 5.92 Å². The smallest absolute Gasteiger partial charge is 0.0847 e. The number of halogens is 1. The minimum atomic E-state index is 0.220. The van der Waals surface area contributed by atoms with Crippen molar-refractivity contribution in [2.75, 3.05) is 6.61 Å². The van der Waals surface area contributed by atoms with Crippen LogP contribution >= 0.6 is 11.6 Å². The van der Waals surface area contributed by atoms with Crippen molar-refractivity contribution in [3.8, 4) is 0 Å². The number of aliphatic hydroxyl groups excluding tert-OH is 1. The Morgan fingerprint density at radius 1 is 1.44 bits per heavy atom. The lowest BCUT2D eigenvalue weighted by molar-refractivity contribution is 0.215. The molecule has 0 amide bonds. The monoisotopic (exact) mass is 244 g/mol. The minimum absolute atomic E-state index is 0.220. The largest absolute Gasteiger partial charge is 0.396 e. The maximum atomic E-state index is 9.31. The van der Waals surface area contributed by atoms with E-state index in [1.807, 2.05) is 11.6 Å². The van der Waals surface area contributed by atoms with Gasteiger partial charge in [0.25, 0.3) is 0 Å². The van der Waals surface area contributed by atoms with Crippen molar-refractivity contribution in [1.82, 2.24) is 9.78 Å². The minimum Gasteiger partial charge on any atom is -0.396 e. The maximum absolute atomic E-state index is 9.31. The predicted octanol–water partition coefficient (Wildman–Crippen LogP) is 2.82. The Bertz CT molecular complexity index is 336. The van der Waals surface area contributed by atoms with Crippen molar-refractivity contribution in [1.29, 1.82) is 0 Å². The molecule has 0 saturated carbocycles. The van der Waals surface area contributed by atoms with Gasteiger partial charge in [-0.3, -0.25) is 4.68 Å². The summed E-state index contributed by atoms with van der Waals surface area (Å²) in [5.41, 5.74) is 1.95. The van der Waals surface area contributed by atoms with Crippen molar-refractivity contribution in [2.45, 2.75) is 46.6 Å². The van der Waals surface area contributed by atoms with Crippen LogP contribution in [-0.2, 0) is 13.0 Å². The Kier molecular flexibility index (Phi) is 5.29. The zero-order valence-electron chi connectivity index (χ0n) is 10.3. The van der Waals surface area contributed by atoms with Crippen molar-refractivity contribution in [3.63, 3.8) is 0 Å². The Balaban J connectivity index is 2.85. The van der Waals surface area contributed by atoms with E-state index >= 15 is 0 Å². The van der Waals surface area contributed by atoms with Crippen molar-refractivity contribution in [3.05, 3.63) is 16.4 Å². The van der Waals surface area contributed by atoms with E-state index in [4.69, 9.17) is 11.6 Å². The molecule has 16 heavy (non-hydrogen) atoms. The first-order valence-corrected chi connectivity index (χ1v) is 6.34. The topological polar surface area (TPSA) is 38.1 Å². The molecule has 1 unspecified atom stereocenters. The molecular weight excluding hydrogens is 224 g/mol. The normalized spacial score (nSPS) is 13.1. The summed E-state index contributed by atoms with van der Waals surface area (Å²) in [6.07, 6.45) is 2.93. The maximum Gasteiger partial charge on any atom is 0.0847 e. The van der Waals surface area contributed by atoms with E-state index in [2.05, 4.69) is 18.9 Å². The molecule has 1 heterocycles. The zero-order chi connectivity index (χ0) is 12.1. The Morgan fingerprint density at radius 2 is 2.12 bits per heavy atom. The lowest BCUT2D eigenvalue weighted by Gasteiger charge is -2.14. The fourth-order valence-electron chi connectivity index (χ4n) is 2.00. The Hall–Kier alpha value is -0.540. The Morgan fingerprint density at radius 3 is 2.62 bits per heavy atom. The van der Waals surface area contributed by atoms with Crippen LogP contribution in [0.15, 0.2) is 0 Å². The highest BCUT2D eigenvalue weighted by atomic mass is 35.5. The molecule has 0 bridgehead atoms. The predicted molar refractivity (Wildman–Crippen MR) is 66.8 cm³/mol. The molecule has 1 atom stereocenters. The highest BCUT2D eigenvalue weighted by molar-refractivity contribution is 6.31. The second kappa shape index (κ2) is 6.26. The van der Waals surface area contributed by atoms with E-state index < -0.39 is 0 Å². The number of hydrogen-bond acceptors (Lipinski definition) is 2. The summed E-state index contributed by atoms with van der Waals surface area (Å²) in [7, 11) is 0. The van der Waals surface area contributed by atoms with E-state index in [-0.39, 0.29) is 6.61 Å². The first-order valence-electron chi connectivity index (χ1n) is 5.96. The van der Waals surface area contributed by atoms with E-state index in [1.54, 1.807) is 0 Å². The average Bonchev–Trinajstić information content (AvgIpc) is 2.55. The average molecular weight is 245 g/mol. The first-order chi connectivity index (χ1) is 7.63. The number of hydrogen-bond donors (Lipinski definition) is 1. The fraction of sp³-hybridized carbons (Fsp3) is 0.750. The molecule has 0 saturated heterocycles. The van der Waals surface area contributed by atoms with Gasteiger partial charge in [0.2, 0.25) is 0 Å². The van der Waals surface area contributed by atoms with Crippen LogP contribution in [-0.4, -0.2) is 21.5 Å². The van der Waals surface area contributed by atoms with Gasteiger partial charge in [0, 0.05) is 13.2 Å². The molecular formula is C12H21ClN2O. The van der Waals surface area contributed by atoms with Gasteiger partial charge >= 0.3 is 0 Å². The number of aromatic nitrogens is 2. The quantitative estimate of drug-likeness (QED) is 0.836. The van der Waals surface area contributed by atoms with E-state index in [0.717, 1.165) is 42.2 Å². The summed E-state index contributed by atoms with van der Waals surface area (Å²) in [5.74, 6) is 0.295. The first kappa shape index (κ1) is 13.5. The molecule has 0 aliphatic carbocycles. The van der Waals surface area contributed by atoms with Gasteiger partial charge in [-0.05, 0) is 32.6 Å². The van der Waals surface area contributed by atoms with Gasteiger partial charge < -0.3 is 5.11 Å². The number of aliphatic hydroxyl groups is 1. The van der Waals surface area contributed by atoms with Crippen molar-refractivity contribution in [2.24, 2.45) is 5.92 Å². The second-order valence-electron chi connectivity index (χ2n) is 4.20. The molecule has 0 aromatic carbocycles. The summed E-state index contributed by atoms with van der Waals surface area (Å²) in [5, 5.41) is 14.4. The molecule has 3 nitrogen and oxygen atoms in total. The SMILES string of the molecule is CCCC(CO)Cc1c(Cl)c(C)nn1CC. The van der Waals surface area contributed by atoms with Gasteiger partial charge in [-0.15, -0.1) is 0 Å². The number of rotatable bonds is 6. The summed E-state index contributed by atoms with van der Waals surface area (Å²) in [4.78, 5) is 0. The van der Waals surface area contributed by atoms with Gasteiger partial charge in [-0.2, -0.15) is 5.10 Å². The molecule has 1 aromatic heterocycles. The van der Waals surface area contributed by atoms with Crippen LogP contribution in [0.2, 0.25) is 5.02 Å². The molecule has 4 heteroatoms. The van der Waals surface area contributed by atoms with Crippen LogP contribution in [0.4, 0.5) is 0 Å². The van der Waals surface area contributed by atoms with Crippen molar-refractivity contribution < 1.29 is 5.11 Å². The van der Waals surface area contributed by atoms with E-state index in [9.17, 15) is 5.11 Å². The van der Waals surface area contributed by atoms with Gasteiger partial charge in [0.15, 0.2) is 0 Å². The van der Waals surface area contributed by atoms with Crippen LogP contribution < -0.4 is 0 Å². The summed E-state index contributed by atoms with van der Waals surface area (Å²) >= 11 is 6.23. The summed E-state index contributed by atoms with van der Waals surface area (Å²) in [6.45, 7) is 7.16. The van der Waals surface area contributed by atoms with Crippen LogP contribution in [0.1, 0.15) is 38.1 Å². The lowest BCUT2D eigenvalue weighted by atomic mass is 9.99. The number of nitrogens with zero attached hydrogens (tertiary/aromatic N) is 2. The van der Waals surface area contributed by atoms with Crippen LogP contribution in [0, 0.1) is 12.8 Å². The zero-order valence-corrected chi connectivity index (χ0v) is 11.1. The summed E-state index contributed by atoms with van der Waals surface area (Å²) < 4.78 is 1.94.